The molecule has 0 aliphatic carbocycles. The zero-order chi connectivity index (χ0) is 4.50. The Kier molecular flexibility index (Phi) is 7.40. The molecule has 6 heteroatoms. The van der Waals surface area contributed by atoms with E-state index in [9.17, 15) is 8.42 Å². The zero-order valence-electron chi connectivity index (χ0n) is 2.67. The van der Waals surface area contributed by atoms with E-state index in [0.29, 0.717) is 0 Å². The molecule has 0 unspecified atom stereocenters. The monoisotopic (exact) mass is 292 g/mol. The molecule has 0 saturated carbocycles. The van der Waals surface area contributed by atoms with Gasteiger partial charge in [-0.25, -0.2) is 0 Å². The van der Waals surface area contributed by atoms with E-state index in [4.69, 9.17) is 4.55 Å². The summed E-state index contributed by atoms with van der Waals surface area (Å²) >= 11 is -0.472. The van der Waals surface area contributed by atoms with Crippen molar-refractivity contribution in [3.63, 3.8) is 0 Å². The van der Waals surface area contributed by atoms with Gasteiger partial charge < -0.3 is 0 Å². The molecule has 0 aliphatic rings. The fourth-order valence-corrected chi connectivity index (χ4v) is 0. The Morgan fingerprint density at radius 2 is 1.50 bits per heavy atom. The molecule has 0 aromatic heterocycles. The van der Waals surface area contributed by atoms with Crippen molar-refractivity contribution in [1.82, 2.24) is 0 Å². The maximum atomic E-state index is 9.27. The van der Waals surface area contributed by atoms with Crippen LogP contribution in [0.2, 0.25) is 0 Å². The van der Waals surface area contributed by atoms with Crippen LogP contribution in [0.15, 0.2) is 0 Å². The molecule has 0 amide bonds. The first kappa shape index (κ1) is 11.0. The van der Waals surface area contributed by atoms with E-state index in [1.54, 1.807) is 0 Å². The molecular weight excluding hydrogens is 287 g/mol. The molecule has 0 atom stereocenters. The molecule has 0 saturated heterocycles. The van der Waals surface area contributed by atoms with Crippen molar-refractivity contribution < 1.29 is 13.0 Å². The van der Waals surface area contributed by atoms with Crippen LogP contribution >= 0.6 is 0 Å². The quantitative estimate of drug-likeness (QED) is 0.397. The first-order valence-corrected chi connectivity index (χ1v) is 7.91. The predicted octanol–water partition coefficient (Wildman–Crippen LogP) is -2.49. The third-order valence-electron chi connectivity index (χ3n) is 0. The minimum atomic E-state index is -3.48. The second-order valence-corrected chi connectivity index (χ2v) is 8.69. The second kappa shape index (κ2) is 4.04. The van der Waals surface area contributed by atoms with Gasteiger partial charge in [0.1, 0.15) is 0 Å². The Hall–Kier alpha value is 2.12. The Morgan fingerprint density at radius 1 is 1.50 bits per heavy atom. The first-order valence-electron chi connectivity index (χ1n) is 0.924. The van der Waals surface area contributed by atoms with Gasteiger partial charge in [0, 0.05) is 0 Å². The SMILES string of the molecule is O=[S](=O)(O)[GaH2].[BaH2]. The summed E-state index contributed by atoms with van der Waals surface area (Å²) in [6, 6.07) is 0. The molecule has 34 valence electrons. The Labute approximate surface area is 85.4 Å². The zero-order valence-corrected chi connectivity index (χ0v) is 7.68. The van der Waals surface area contributed by atoms with E-state index in [1.165, 1.54) is 0 Å². The molecule has 0 aromatic rings. The van der Waals surface area contributed by atoms with Crippen LogP contribution in [-0.2, 0) is 8.05 Å². The Morgan fingerprint density at radius 3 is 1.50 bits per heavy atom. The molecule has 0 aliphatic heterocycles. The van der Waals surface area contributed by atoms with E-state index in [1.807, 2.05) is 0 Å². The molecule has 0 bridgehead atoms. The van der Waals surface area contributed by atoms with Gasteiger partial charge in [0.15, 0.2) is 0 Å². The molecule has 0 rings (SSSR count). The number of rotatable bonds is 0. The van der Waals surface area contributed by atoms with Gasteiger partial charge in [-0.15, -0.1) is 0 Å². The van der Waals surface area contributed by atoms with Gasteiger partial charge in [-0.3, -0.25) is 0 Å². The van der Waals surface area contributed by atoms with Crippen molar-refractivity contribution in [3.05, 3.63) is 0 Å². The fraction of sp³-hybridized carbons (Fsp3) is 0. The fourth-order valence-electron chi connectivity index (χ4n) is 0. The van der Waals surface area contributed by atoms with Crippen molar-refractivity contribution in [3.8, 4) is 0 Å². The van der Waals surface area contributed by atoms with E-state index in [0.717, 1.165) is 0 Å². The molecule has 6 heavy (non-hydrogen) atoms. The van der Waals surface area contributed by atoms with Crippen LogP contribution in [0.1, 0.15) is 0 Å². The van der Waals surface area contributed by atoms with Crippen molar-refractivity contribution in [2.45, 2.75) is 0 Å². The Bertz CT molecular complexity index is 94.0. The molecule has 0 heterocycles. The van der Waals surface area contributed by atoms with Gasteiger partial charge in [-0.05, 0) is 0 Å². The molecule has 0 fully saturated rings. The van der Waals surface area contributed by atoms with Gasteiger partial charge in [0.05, 0.1) is 0 Å². The second-order valence-electron chi connectivity index (χ2n) is 0.733. The summed E-state index contributed by atoms with van der Waals surface area (Å²) in [6.07, 6.45) is 0. The summed E-state index contributed by atoms with van der Waals surface area (Å²) in [6.45, 7) is 0. The topological polar surface area (TPSA) is 54.4 Å². The standard InChI is InChI=1S/Ba.Ga.HO3S.4H/c;;1-4(2)3;;;;/h;;(H,1,2,3);;;;. The Balaban J connectivity index is 0. The van der Waals surface area contributed by atoms with E-state index in [2.05, 4.69) is 0 Å². The van der Waals surface area contributed by atoms with Crippen LogP contribution in [0.5, 0.6) is 0 Å². The van der Waals surface area contributed by atoms with E-state index >= 15 is 0 Å². The minimum absolute atomic E-state index is 0. The average molecular weight is 292 g/mol. The van der Waals surface area contributed by atoms with Gasteiger partial charge in [-0.1, -0.05) is 0 Å². The summed E-state index contributed by atoms with van der Waals surface area (Å²) in [4.78, 5) is 0. The van der Waals surface area contributed by atoms with Crippen LogP contribution in [0, 0.1) is 0 Å². The van der Waals surface area contributed by atoms with E-state index < -0.39 is 25.4 Å². The van der Waals surface area contributed by atoms with E-state index in [-0.39, 0.29) is 48.9 Å². The molecule has 0 aromatic carbocycles. The van der Waals surface area contributed by atoms with Gasteiger partial charge in [0.2, 0.25) is 0 Å². The average Bonchev–Trinajstić information content (AvgIpc) is 0.722. The normalized spacial score (nSPS) is 9.50. The number of hydrogen-bond donors (Lipinski definition) is 1. The number of hydrogen-bond acceptors (Lipinski definition) is 2. The van der Waals surface area contributed by atoms with Crippen molar-refractivity contribution in [1.29, 1.82) is 0 Å². The van der Waals surface area contributed by atoms with Crippen LogP contribution < -0.4 is 0 Å². The van der Waals surface area contributed by atoms with Gasteiger partial charge in [0.25, 0.3) is 0 Å². The van der Waals surface area contributed by atoms with Crippen molar-refractivity contribution in [2.24, 2.45) is 0 Å². The third kappa shape index (κ3) is 35.7. The maximum absolute atomic E-state index is 9.27. The molecule has 1 N–H and O–H groups in total. The van der Waals surface area contributed by atoms with Crippen LogP contribution in [0.25, 0.3) is 0 Å². The van der Waals surface area contributed by atoms with Gasteiger partial charge >= 0.3 is 87.3 Å². The first-order chi connectivity index (χ1) is 2.00. The predicted molar refractivity (Wildman–Crippen MR) is 28.6 cm³/mol. The van der Waals surface area contributed by atoms with Crippen LogP contribution in [-0.4, -0.2) is 79.2 Å². The van der Waals surface area contributed by atoms with Gasteiger partial charge in [-0.2, -0.15) is 0 Å². The van der Waals surface area contributed by atoms with Crippen molar-refractivity contribution in [2.75, 3.05) is 0 Å². The molecular formula is H5BaGaO3S. The summed E-state index contributed by atoms with van der Waals surface area (Å²) in [5, 5.41) is 0. The summed E-state index contributed by atoms with van der Waals surface area (Å²) in [5.41, 5.74) is 0. The molecule has 0 spiro atoms. The van der Waals surface area contributed by atoms with Crippen molar-refractivity contribution >= 4 is 74.3 Å². The molecule has 3 nitrogen and oxygen atoms in total. The van der Waals surface area contributed by atoms with Crippen LogP contribution in [0.4, 0.5) is 0 Å². The summed E-state index contributed by atoms with van der Waals surface area (Å²) < 4.78 is 26.1. The summed E-state index contributed by atoms with van der Waals surface area (Å²) in [7, 11) is -3.48. The third-order valence-corrected chi connectivity index (χ3v) is 0. The summed E-state index contributed by atoms with van der Waals surface area (Å²) in [5.74, 6) is 0. The van der Waals surface area contributed by atoms with Crippen LogP contribution in [0.3, 0.4) is 0 Å². The molecule has 0 radical (unpaired) electrons.